The summed E-state index contributed by atoms with van der Waals surface area (Å²) in [6.45, 7) is 8.72. The second-order valence-corrected chi connectivity index (χ2v) is 5.20. The first-order chi connectivity index (χ1) is 8.56. The van der Waals surface area contributed by atoms with Crippen LogP contribution < -0.4 is 4.74 Å². The maximum Gasteiger partial charge on any atom is 0.184 e. The van der Waals surface area contributed by atoms with E-state index in [1.807, 2.05) is 30.3 Å². The van der Waals surface area contributed by atoms with Crippen molar-refractivity contribution < 1.29 is 14.2 Å². The largest absolute Gasteiger partial charge is 0.497 e. The second kappa shape index (κ2) is 5.12. The van der Waals surface area contributed by atoms with Gasteiger partial charge in [0.05, 0.1) is 19.8 Å². The zero-order chi connectivity index (χ0) is 13.2. The van der Waals surface area contributed by atoms with E-state index in [4.69, 9.17) is 14.2 Å². The highest BCUT2D eigenvalue weighted by molar-refractivity contribution is 5.28. The fourth-order valence-electron chi connectivity index (χ4n) is 2.04. The van der Waals surface area contributed by atoms with Crippen LogP contribution >= 0.6 is 0 Å². The number of ether oxygens (including phenoxy) is 3. The Labute approximate surface area is 108 Å². The van der Waals surface area contributed by atoms with E-state index in [-0.39, 0.29) is 17.8 Å². The summed E-state index contributed by atoms with van der Waals surface area (Å²) in [5.74, 6) is 0.829. The number of hydrogen-bond acceptors (Lipinski definition) is 3. The van der Waals surface area contributed by atoms with E-state index in [0.29, 0.717) is 6.61 Å². The zero-order valence-electron chi connectivity index (χ0n) is 11.2. The Kier molecular flexibility index (Phi) is 3.73. The highest BCUT2D eigenvalue weighted by Crippen LogP contribution is 2.37. The number of rotatable bonds is 3. The Morgan fingerprint density at radius 2 is 2.00 bits per heavy atom. The fourth-order valence-corrected chi connectivity index (χ4v) is 2.04. The smallest absolute Gasteiger partial charge is 0.184 e. The van der Waals surface area contributed by atoms with Gasteiger partial charge in [-0.15, -0.1) is 6.58 Å². The molecule has 2 rings (SSSR count). The number of benzene rings is 1. The Bertz CT molecular complexity index is 408. The van der Waals surface area contributed by atoms with Crippen LogP contribution in [0, 0.1) is 5.41 Å². The molecule has 1 aromatic rings. The summed E-state index contributed by atoms with van der Waals surface area (Å²) >= 11 is 0. The molecule has 1 aromatic carbocycles. The first-order valence-corrected chi connectivity index (χ1v) is 6.10. The Hall–Kier alpha value is -1.32. The molecule has 2 atom stereocenters. The van der Waals surface area contributed by atoms with E-state index in [2.05, 4.69) is 20.4 Å². The van der Waals surface area contributed by atoms with Crippen LogP contribution in [0.25, 0.3) is 0 Å². The summed E-state index contributed by atoms with van der Waals surface area (Å²) < 4.78 is 16.8. The van der Waals surface area contributed by atoms with Crippen molar-refractivity contribution in [3.05, 3.63) is 42.5 Å². The van der Waals surface area contributed by atoms with Crippen LogP contribution in [0.5, 0.6) is 5.75 Å². The summed E-state index contributed by atoms with van der Waals surface area (Å²) in [6, 6.07) is 7.74. The van der Waals surface area contributed by atoms with Crippen LogP contribution in [-0.4, -0.2) is 19.8 Å². The molecule has 3 nitrogen and oxygen atoms in total. The molecule has 0 saturated carbocycles. The SMILES string of the molecule is C=C[C@@H]1O[C@H](c2ccc(OC)cc2)OCC1(C)C. The van der Waals surface area contributed by atoms with Crippen LogP contribution in [-0.2, 0) is 9.47 Å². The molecule has 0 N–H and O–H groups in total. The van der Waals surface area contributed by atoms with Gasteiger partial charge in [-0.2, -0.15) is 0 Å². The normalized spacial score (nSPS) is 26.6. The Balaban J connectivity index is 2.12. The average Bonchev–Trinajstić information content (AvgIpc) is 2.39. The third-order valence-electron chi connectivity index (χ3n) is 3.25. The van der Waals surface area contributed by atoms with Gasteiger partial charge in [0.25, 0.3) is 0 Å². The number of hydrogen-bond donors (Lipinski definition) is 0. The molecule has 0 bridgehead atoms. The molecule has 1 fully saturated rings. The maximum absolute atomic E-state index is 5.93. The van der Waals surface area contributed by atoms with Crippen LogP contribution in [0.3, 0.4) is 0 Å². The van der Waals surface area contributed by atoms with Crippen molar-refractivity contribution >= 4 is 0 Å². The lowest BCUT2D eigenvalue weighted by molar-refractivity contribution is -0.250. The van der Waals surface area contributed by atoms with E-state index in [1.165, 1.54) is 0 Å². The van der Waals surface area contributed by atoms with Gasteiger partial charge < -0.3 is 14.2 Å². The summed E-state index contributed by atoms with van der Waals surface area (Å²) in [5.41, 5.74) is 0.961. The third kappa shape index (κ3) is 2.57. The van der Waals surface area contributed by atoms with E-state index in [1.54, 1.807) is 7.11 Å². The van der Waals surface area contributed by atoms with Gasteiger partial charge in [-0.3, -0.25) is 0 Å². The van der Waals surface area contributed by atoms with E-state index < -0.39 is 0 Å². The summed E-state index contributed by atoms with van der Waals surface area (Å²) in [4.78, 5) is 0. The molecule has 3 heteroatoms. The molecule has 0 spiro atoms. The van der Waals surface area contributed by atoms with Crippen molar-refractivity contribution in [3.63, 3.8) is 0 Å². The molecular formula is C15H20O3. The minimum absolute atomic E-state index is 0.00153. The van der Waals surface area contributed by atoms with E-state index in [9.17, 15) is 0 Å². The molecule has 0 aliphatic carbocycles. The van der Waals surface area contributed by atoms with Crippen LogP contribution in [0.1, 0.15) is 25.7 Å². The predicted molar refractivity (Wildman–Crippen MR) is 70.5 cm³/mol. The Morgan fingerprint density at radius 3 is 2.56 bits per heavy atom. The van der Waals surface area contributed by atoms with Gasteiger partial charge >= 0.3 is 0 Å². The van der Waals surface area contributed by atoms with Gasteiger partial charge in [0, 0.05) is 11.0 Å². The fraction of sp³-hybridized carbons (Fsp3) is 0.467. The molecule has 0 radical (unpaired) electrons. The van der Waals surface area contributed by atoms with Crippen molar-refractivity contribution in [2.45, 2.75) is 26.2 Å². The van der Waals surface area contributed by atoms with E-state index >= 15 is 0 Å². The van der Waals surface area contributed by atoms with Crippen LogP contribution in [0.15, 0.2) is 36.9 Å². The Morgan fingerprint density at radius 1 is 1.33 bits per heavy atom. The first-order valence-electron chi connectivity index (χ1n) is 6.10. The predicted octanol–water partition coefficient (Wildman–Crippen LogP) is 3.32. The maximum atomic E-state index is 5.93. The summed E-state index contributed by atoms with van der Waals surface area (Å²) in [6.07, 6.45) is 1.52. The average molecular weight is 248 g/mol. The molecule has 1 heterocycles. The van der Waals surface area contributed by atoms with Gasteiger partial charge in [0.15, 0.2) is 6.29 Å². The van der Waals surface area contributed by atoms with Crippen molar-refractivity contribution in [2.24, 2.45) is 5.41 Å². The quantitative estimate of drug-likeness (QED) is 0.768. The molecule has 98 valence electrons. The molecule has 0 amide bonds. The molecule has 1 aliphatic rings. The molecule has 1 aliphatic heterocycles. The third-order valence-corrected chi connectivity index (χ3v) is 3.25. The summed E-state index contributed by atoms with van der Waals surface area (Å²) in [5, 5.41) is 0. The standard InChI is InChI=1S/C15H20O3/c1-5-13-15(2,3)10-17-14(18-13)11-6-8-12(16-4)9-7-11/h5-9,13-14H,1,10H2,2-4H3/t13-,14+/m0/s1. The topological polar surface area (TPSA) is 27.7 Å². The second-order valence-electron chi connectivity index (χ2n) is 5.20. The lowest BCUT2D eigenvalue weighted by Crippen LogP contribution is -2.41. The van der Waals surface area contributed by atoms with Crippen molar-refractivity contribution in [1.29, 1.82) is 0 Å². The molecule has 1 saturated heterocycles. The lowest BCUT2D eigenvalue weighted by Gasteiger charge is -2.40. The van der Waals surface area contributed by atoms with Gasteiger partial charge in [-0.1, -0.05) is 32.1 Å². The molecule has 18 heavy (non-hydrogen) atoms. The van der Waals surface area contributed by atoms with Gasteiger partial charge in [-0.25, -0.2) is 0 Å². The van der Waals surface area contributed by atoms with Gasteiger partial charge in [-0.05, 0) is 12.1 Å². The van der Waals surface area contributed by atoms with Crippen LogP contribution in [0.4, 0.5) is 0 Å². The summed E-state index contributed by atoms with van der Waals surface area (Å²) in [7, 11) is 1.65. The monoisotopic (exact) mass is 248 g/mol. The lowest BCUT2D eigenvalue weighted by atomic mass is 9.86. The van der Waals surface area contributed by atoms with Gasteiger partial charge in [0.2, 0.25) is 0 Å². The van der Waals surface area contributed by atoms with E-state index in [0.717, 1.165) is 11.3 Å². The number of methoxy groups -OCH3 is 1. The van der Waals surface area contributed by atoms with Crippen molar-refractivity contribution in [2.75, 3.05) is 13.7 Å². The molecular weight excluding hydrogens is 228 g/mol. The molecule has 0 unspecified atom stereocenters. The zero-order valence-corrected chi connectivity index (χ0v) is 11.2. The highest BCUT2D eigenvalue weighted by atomic mass is 16.7. The first kappa shape index (κ1) is 13.1. The van der Waals surface area contributed by atoms with Crippen LogP contribution in [0.2, 0.25) is 0 Å². The molecule has 0 aromatic heterocycles. The minimum atomic E-state index is -0.327. The minimum Gasteiger partial charge on any atom is -0.497 e. The highest BCUT2D eigenvalue weighted by Gasteiger charge is 2.36. The van der Waals surface area contributed by atoms with Gasteiger partial charge in [0.1, 0.15) is 5.75 Å². The van der Waals surface area contributed by atoms with Crippen molar-refractivity contribution in [1.82, 2.24) is 0 Å². The van der Waals surface area contributed by atoms with Crippen molar-refractivity contribution in [3.8, 4) is 5.75 Å².